The summed E-state index contributed by atoms with van der Waals surface area (Å²) in [7, 11) is 0. The zero-order chi connectivity index (χ0) is 13.3. The van der Waals surface area contributed by atoms with Crippen LogP contribution in [0.15, 0.2) is 67.3 Å². The molecule has 94 valence electrons. The quantitative estimate of drug-likeness (QED) is 0.473. The van der Waals surface area contributed by atoms with E-state index in [-0.39, 0.29) is 5.97 Å². The van der Waals surface area contributed by atoms with Gasteiger partial charge in [0.15, 0.2) is 0 Å². The van der Waals surface area contributed by atoms with E-state index in [0.717, 1.165) is 11.1 Å². The highest BCUT2D eigenvalue weighted by Crippen LogP contribution is 2.46. The van der Waals surface area contributed by atoms with Crippen LogP contribution in [0, 0.1) is 0 Å². The molecule has 2 aromatic carbocycles. The lowest BCUT2D eigenvalue weighted by Gasteiger charge is -2.25. The molecule has 0 N–H and O–H groups in total. The molecule has 0 spiro atoms. The van der Waals surface area contributed by atoms with Crippen molar-refractivity contribution in [2.75, 3.05) is 0 Å². The van der Waals surface area contributed by atoms with Gasteiger partial charge in [0, 0.05) is 5.56 Å². The molecule has 0 aliphatic carbocycles. The van der Waals surface area contributed by atoms with Gasteiger partial charge < -0.3 is 4.74 Å². The van der Waals surface area contributed by atoms with E-state index < -0.39 is 5.41 Å². The van der Waals surface area contributed by atoms with Crippen LogP contribution in [-0.2, 0) is 10.2 Å². The minimum absolute atomic E-state index is 0.222. The second kappa shape index (κ2) is 4.39. The second-order valence-electron chi connectivity index (χ2n) is 4.65. The predicted octanol–water partition coefficient (Wildman–Crippen LogP) is 3.47. The number of fused-ring (bicyclic) bond motifs is 1. The molecule has 2 heteroatoms. The van der Waals surface area contributed by atoms with Crippen molar-refractivity contribution in [3.05, 3.63) is 78.4 Å². The van der Waals surface area contributed by atoms with Gasteiger partial charge in [-0.15, -0.1) is 6.58 Å². The standard InChI is InChI=1S/C17H14O2/c1-2-12-17(13-8-4-3-5-9-13)14-10-6-7-11-15(14)19-16(17)18/h2-11H,1,12H2. The normalized spacial score (nSPS) is 20.7. The minimum atomic E-state index is -0.750. The van der Waals surface area contributed by atoms with Crippen molar-refractivity contribution in [3.8, 4) is 5.75 Å². The first-order valence-corrected chi connectivity index (χ1v) is 6.27. The number of ether oxygens (including phenoxy) is 1. The van der Waals surface area contributed by atoms with Gasteiger partial charge in [0.1, 0.15) is 11.2 Å². The van der Waals surface area contributed by atoms with E-state index in [9.17, 15) is 4.79 Å². The van der Waals surface area contributed by atoms with Crippen molar-refractivity contribution >= 4 is 5.97 Å². The lowest BCUT2D eigenvalue weighted by atomic mass is 9.73. The maximum Gasteiger partial charge on any atom is 0.326 e. The zero-order valence-corrected chi connectivity index (χ0v) is 10.5. The Hall–Kier alpha value is -2.35. The van der Waals surface area contributed by atoms with Gasteiger partial charge in [-0.05, 0) is 18.1 Å². The van der Waals surface area contributed by atoms with Gasteiger partial charge in [0.25, 0.3) is 0 Å². The van der Waals surface area contributed by atoms with Crippen LogP contribution in [0.25, 0.3) is 0 Å². The number of hydrogen-bond donors (Lipinski definition) is 0. The van der Waals surface area contributed by atoms with Crippen LogP contribution in [0.2, 0.25) is 0 Å². The molecule has 0 amide bonds. The van der Waals surface area contributed by atoms with Crippen LogP contribution in [0.1, 0.15) is 17.5 Å². The van der Waals surface area contributed by atoms with Crippen molar-refractivity contribution in [1.29, 1.82) is 0 Å². The molecule has 19 heavy (non-hydrogen) atoms. The van der Waals surface area contributed by atoms with Gasteiger partial charge in [-0.25, -0.2) is 0 Å². The number of allylic oxidation sites excluding steroid dienone is 1. The fourth-order valence-corrected chi connectivity index (χ4v) is 2.73. The predicted molar refractivity (Wildman–Crippen MR) is 74.1 cm³/mol. The number of carbonyl (C=O) groups is 1. The van der Waals surface area contributed by atoms with Crippen molar-refractivity contribution in [2.24, 2.45) is 0 Å². The van der Waals surface area contributed by atoms with Gasteiger partial charge in [0.2, 0.25) is 0 Å². The third-order valence-electron chi connectivity index (χ3n) is 3.62. The van der Waals surface area contributed by atoms with E-state index >= 15 is 0 Å². The topological polar surface area (TPSA) is 26.3 Å². The van der Waals surface area contributed by atoms with Crippen molar-refractivity contribution < 1.29 is 9.53 Å². The van der Waals surface area contributed by atoms with Gasteiger partial charge in [-0.1, -0.05) is 54.6 Å². The highest BCUT2D eigenvalue weighted by atomic mass is 16.5. The summed E-state index contributed by atoms with van der Waals surface area (Å²) in [5, 5.41) is 0. The van der Waals surface area contributed by atoms with Crippen LogP contribution >= 0.6 is 0 Å². The fraction of sp³-hybridized carbons (Fsp3) is 0.118. The first-order chi connectivity index (χ1) is 9.29. The Morgan fingerprint density at radius 1 is 1.05 bits per heavy atom. The molecule has 1 aliphatic heterocycles. The largest absolute Gasteiger partial charge is 0.425 e. The maximum atomic E-state index is 12.5. The molecule has 1 heterocycles. The van der Waals surface area contributed by atoms with Crippen LogP contribution in [0.3, 0.4) is 0 Å². The monoisotopic (exact) mass is 250 g/mol. The summed E-state index contributed by atoms with van der Waals surface area (Å²) in [6.07, 6.45) is 2.31. The minimum Gasteiger partial charge on any atom is -0.425 e. The number of benzene rings is 2. The zero-order valence-electron chi connectivity index (χ0n) is 10.5. The molecule has 0 saturated carbocycles. The van der Waals surface area contributed by atoms with E-state index in [1.807, 2.05) is 54.6 Å². The summed E-state index contributed by atoms with van der Waals surface area (Å²) in [6.45, 7) is 3.79. The lowest BCUT2D eigenvalue weighted by molar-refractivity contribution is -0.136. The molecule has 1 unspecified atom stereocenters. The molecule has 0 radical (unpaired) electrons. The number of rotatable bonds is 3. The first kappa shape index (κ1) is 11.7. The number of para-hydroxylation sites is 1. The Morgan fingerprint density at radius 3 is 2.47 bits per heavy atom. The molecular weight excluding hydrogens is 236 g/mol. The Kier molecular flexibility index (Phi) is 2.71. The Bertz CT molecular complexity index is 631. The van der Waals surface area contributed by atoms with Crippen molar-refractivity contribution in [2.45, 2.75) is 11.8 Å². The van der Waals surface area contributed by atoms with E-state index in [0.29, 0.717) is 12.2 Å². The number of hydrogen-bond acceptors (Lipinski definition) is 2. The highest BCUT2D eigenvalue weighted by molar-refractivity contribution is 5.94. The lowest BCUT2D eigenvalue weighted by Crippen LogP contribution is -2.34. The van der Waals surface area contributed by atoms with Crippen LogP contribution < -0.4 is 4.74 Å². The molecule has 3 rings (SSSR count). The van der Waals surface area contributed by atoms with Crippen LogP contribution in [0.5, 0.6) is 5.75 Å². The summed E-state index contributed by atoms with van der Waals surface area (Å²) >= 11 is 0. The van der Waals surface area contributed by atoms with Crippen molar-refractivity contribution in [3.63, 3.8) is 0 Å². The molecule has 1 atom stereocenters. The molecule has 0 saturated heterocycles. The molecular formula is C17H14O2. The van der Waals surface area contributed by atoms with E-state index in [1.54, 1.807) is 6.08 Å². The molecule has 0 fully saturated rings. The van der Waals surface area contributed by atoms with Crippen LogP contribution in [-0.4, -0.2) is 5.97 Å². The number of esters is 1. The maximum absolute atomic E-state index is 12.5. The molecule has 2 nitrogen and oxygen atoms in total. The van der Waals surface area contributed by atoms with E-state index in [1.165, 1.54) is 0 Å². The van der Waals surface area contributed by atoms with Gasteiger partial charge >= 0.3 is 5.97 Å². The van der Waals surface area contributed by atoms with Crippen molar-refractivity contribution in [1.82, 2.24) is 0 Å². The third kappa shape index (κ3) is 1.60. The summed E-state index contributed by atoms with van der Waals surface area (Å²) in [6, 6.07) is 17.3. The highest BCUT2D eigenvalue weighted by Gasteiger charge is 2.49. The average Bonchev–Trinajstić information content (AvgIpc) is 2.74. The van der Waals surface area contributed by atoms with Gasteiger partial charge in [-0.3, -0.25) is 4.79 Å². The first-order valence-electron chi connectivity index (χ1n) is 6.27. The molecule has 2 aromatic rings. The second-order valence-corrected chi connectivity index (χ2v) is 4.65. The Balaban J connectivity index is 2.27. The SMILES string of the molecule is C=CCC1(c2ccccc2)C(=O)Oc2ccccc21. The van der Waals surface area contributed by atoms with E-state index in [4.69, 9.17) is 4.74 Å². The average molecular weight is 250 g/mol. The third-order valence-corrected chi connectivity index (χ3v) is 3.62. The summed E-state index contributed by atoms with van der Waals surface area (Å²) in [4.78, 5) is 12.5. The Labute approximate surface area is 112 Å². The fourth-order valence-electron chi connectivity index (χ4n) is 2.73. The summed E-state index contributed by atoms with van der Waals surface area (Å²) in [5.41, 5.74) is 1.12. The molecule has 0 bridgehead atoms. The van der Waals surface area contributed by atoms with Crippen LogP contribution in [0.4, 0.5) is 0 Å². The summed E-state index contributed by atoms with van der Waals surface area (Å²) < 4.78 is 5.44. The number of carbonyl (C=O) groups excluding carboxylic acids is 1. The molecule has 0 aromatic heterocycles. The summed E-state index contributed by atoms with van der Waals surface area (Å²) in [5.74, 6) is 0.429. The Morgan fingerprint density at radius 2 is 1.74 bits per heavy atom. The molecule has 1 aliphatic rings. The smallest absolute Gasteiger partial charge is 0.326 e. The van der Waals surface area contributed by atoms with Gasteiger partial charge in [-0.2, -0.15) is 0 Å². The van der Waals surface area contributed by atoms with E-state index in [2.05, 4.69) is 6.58 Å². The van der Waals surface area contributed by atoms with Gasteiger partial charge in [0.05, 0.1) is 0 Å².